The number of rotatable bonds is 5. The molecule has 172 valence electrons. The molecule has 0 atom stereocenters. The Labute approximate surface area is 187 Å². The molecule has 2 aromatic rings. The number of benzene rings is 2. The van der Waals surface area contributed by atoms with Crippen molar-refractivity contribution in [1.82, 2.24) is 0 Å². The van der Waals surface area contributed by atoms with Gasteiger partial charge in [0.05, 0.1) is 12.5 Å². The zero-order chi connectivity index (χ0) is 22.4. The first kappa shape index (κ1) is 28.5. The fraction of sp³-hybridized carbons (Fsp3) is 0.462. The highest BCUT2D eigenvalue weighted by Crippen LogP contribution is 2.23. The van der Waals surface area contributed by atoms with E-state index in [9.17, 15) is 9.59 Å². The number of carbonyl (C=O) groups excluding carboxylic acids is 2. The average Bonchev–Trinajstić information content (AvgIpc) is 2.78. The highest BCUT2D eigenvalue weighted by Gasteiger charge is 2.23. The summed E-state index contributed by atoms with van der Waals surface area (Å²) in [5.74, 6) is -0.121. The molecular formula is C26H38O5. The van der Waals surface area contributed by atoms with Crippen molar-refractivity contribution in [2.75, 3.05) is 7.11 Å². The standard InChI is InChI=1S/C16H22O3.C8H8O.C2H6.H2O/c1-12-3-5-13(6-4-12)11-16(17)19-15-9-7-14(18-2)8-10-15;1-7-2-4-8(6-9)5-3-7;1-2;/h3-6,14-15H,7-11H2,1-2H3;2-6H,1H3;1-2H3;1H2. The van der Waals surface area contributed by atoms with Gasteiger partial charge in [0.25, 0.3) is 0 Å². The Hall–Kier alpha value is -2.50. The second-order valence-electron chi connectivity index (χ2n) is 7.32. The highest BCUT2D eigenvalue weighted by atomic mass is 16.5. The molecule has 31 heavy (non-hydrogen) atoms. The minimum absolute atomic E-state index is 0. The summed E-state index contributed by atoms with van der Waals surface area (Å²) in [4.78, 5) is 22.0. The van der Waals surface area contributed by atoms with E-state index in [0.29, 0.717) is 12.5 Å². The molecule has 0 aromatic heterocycles. The first-order valence-electron chi connectivity index (χ1n) is 10.8. The summed E-state index contributed by atoms with van der Waals surface area (Å²) in [6.45, 7) is 8.03. The predicted octanol–water partition coefficient (Wildman–Crippen LogP) is 5.05. The minimum Gasteiger partial charge on any atom is -0.462 e. The van der Waals surface area contributed by atoms with E-state index in [4.69, 9.17) is 9.47 Å². The van der Waals surface area contributed by atoms with Gasteiger partial charge < -0.3 is 14.9 Å². The van der Waals surface area contributed by atoms with E-state index < -0.39 is 0 Å². The number of hydrogen-bond acceptors (Lipinski definition) is 4. The van der Waals surface area contributed by atoms with Crippen molar-refractivity contribution in [1.29, 1.82) is 0 Å². The van der Waals surface area contributed by atoms with Gasteiger partial charge in [0.1, 0.15) is 12.4 Å². The van der Waals surface area contributed by atoms with Crippen molar-refractivity contribution in [3.63, 3.8) is 0 Å². The summed E-state index contributed by atoms with van der Waals surface area (Å²) in [7, 11) is 1.74. The van der Waals surface area contributed by atoms with Gasteiger partial charge in [-0.3, -0.25) is 9.59 Å². The molecule has 5 heteroatoms. The molecule has 0 aliphatic heterocycles. The number of aldehydes is 1. The molecule has 0 heterocycles. The molecule has 5 nitrogen and oxygen atoms in total. The lowest BCUT2D eigenvalue weighted by Gasteiger charge is -2.27. The van der Waals surface area contributed by atoms with Gasteiger partial charge in [0.15, 0.2) is 0 Å². The molecule has 0 bridgehead atoms. The number of hydrogen-bond donors (Lipinski definition) is 0. The van der Waals surface area contributed by atoms with E-state index in [-0.39, 0.29) is 17.5 Å². The van der Waals surface area contributed by atoms with Crippen LogP contribution in [0.5, 0.6) is 0 Å². The third-order valence-electron chi connectivity index (χ3n) is 4.94. The normalized spacial score (nSPS) is 16.9. The van der Waals surface area contributed by atoms with Crippen LogP contribution in [-0.4, -0.2) is 37.0 Å². The van der Waals surface area contributed by atoms with Crippen molar-refractivity contribution in [3.8, 4) is 0 Å². The lowest BCUT2D eigenvalue weighted by molar-refractivity contribution is -0.150. The molecule has 1 aliphatic rings. The van der Waals surface area contributed by atoms with Crippen molar-refractivity contribution in [2.24, 2.45) is 0 Å². The molecule has 0 unspecified atom stereocenters. The van der Waals surface area contributed by atoms with Crippen molar-refractivity contribution in [3.05, 3.63) is 70.8 Å². The topological polar surface area (TPSA) is 84.1 Å². The van der Waals surface area contributed by atoms with E-state index in [0.717, 1.165) is 43.1 Å². The largest absolute Gasteiger partial charge is 0.462 e. The summed E-state index contributed by atoms with van der Waals surface area (Å²) in [5, 5.41) is 0. The fourth-order valence-corrected chi connectivity index (χ4v) is 3.13. The van der Waals surface area contributed by atoms with Crippen LogP contribution in [0.25, 0.3) is 0 Å². The highest BCUT2D eigenvalue weighted by molar-refractivity contribution is 5.74. The Morgan fingerprint density at radius 2 is 1.32 bits per heavy atom. The molecular weight excluding hydrogens is 392 g/mol. The molecule has 1 fully saturated rings. The van der Waals surface area contributed by atoms with E-state index in [1.165, 1.54) is 11.1 Å². The number of aryl methyl sites for hydroxylation is 2. The number of carbonyl (C=O) groups is 2. The van der Waals surface area contributed by atoms with Crippen LogP contribution in [0.15, 0.2) is 48.5 Å². The van der Waals surface area contributed by atoms with Crippen LogP contribution in [0.2, 0.25) is 0 Å². The fourth-order valence-electron chi connectivity index (χ4n) is 3.13. The summed E-state index contributed by atoms with van der Waals surface area (Å²) in [5.41, 5.74) is 4.14. The summed E-state index contributed by atoms with van der Waals surface area (Å²) in [6, 6.07) is 15.5. The first-order chi connectivity index (χ1) is 14.5. The summed E-state index contributed by atoms with van der Waals surface area (Å²) < 4.78 is 10.8. The molecule has 0 amide bonds. The zero-order valence-corrected chi connectivity index (χ0v) is 19.5. The molecule has 0 saturated heterocycles. The van der Waals surface area contributed by atoms with E-state index >= 15 is 0 Å². The van der Waals surface area contributed by atoms with Crippen LogP contribution in [0.3, 0.4) is 0 Å². The average molecular weight is 431 g/mol. The third kappa shape index (κ3) is 11.5. The first-order valence-corrected chi connectivity index (χ1v) is 10.8. The van der Waals surface area contributed by atoms with E-state index in [1.807, 2.05) is 76.2 Å². The second kappa shape index (κ2) is 16.2. The van der Waals surface area contributed by atoms with Gasteiger partial charge in [-0.15, -0.1) is 0 Å². The molecule has 0 spiro atoms. The van der Waals surface area contributed by atoms with E-state index in [2.05, 4.69) is 0 Å². The van der Waals surface area contributed by atoms with Crippen LogP contribution in [0.4, 0.5) is 0 Å². The maximum atomic E-state index is 11.9. The van der Waals surface area contributed by atoms with Crippen molar-refractivity contribution >= 4 is 12.3 Å². The molecule has 3 rings (SSSR count). The smallest absolute Gasteiger partial charge is 0.310 e. The van der Waals surface area contributed by atoms with Gasteiger partial charge in [-0.1, -0.05) is 73.5 Å². The maximum Gasteiger partial charge on any atom is 0.310 e. The van der Waals surface area contributed by atoms with Gasteiger partial charge >= 0.3 is 5.97 Å². The summed E-state index contributed by atoms with van der Waals surface area (Å²) >= 11 is 0. The van der Waals surface area contributed by atoms with Crippen LogP contribution < -0.4 is 0 Å². The monoisotopic (exact) mass is 430 g/mol. The van der Waals surface area contributed by atoms with Crippen molar-refractivity contribution in [2.45, 2.75) is 72.0 Å². The molecule has 1 aliphatic carbocycles. The predicted molar refractivity (Wildman–Crippen MR) is 126 cm³/mol. The minimum atomic E-state index is -0.121. The Balaban J connectivity index is 0.000000633. The van der Waals surface area contributed by atoms with Gasteiger partial charge in [0.2, 0.25) is 0 Å². The lowest BCUT2D eigenvalue weighted by atomic mass is 9.95. The van der Waals surface area contributed by atoms with Crippen LogP contribution >= 0.6 is 0 Å². The molecule has 0 radical (unpaired) electrons. The Kier molecular flexibility index (Phi) is 14.9. The van der Waals surface area contributed by atoms with E-state index in [1.54, 1.807) is 7.11 Å². The number of ether oxygens (including phenoxy) is 2. The van der Waals surface area contributed by atoms with Crippen LogP contribution in [0, 0.1) is 13.8 Å². The number of methoxy groups -OCH3 is 1. The van der Waals surface area contributed by atoms with Crippen LogP contribution in [0.1, 0.15) is 66.6 Å². The van der Waals surface area contributed by atoms with Crippen LogP contribution in [-0.2, 0) is 20.7 Å². The van der Waals surface area contributed by atoms with Gasteiger partial charge in [-0.2, -0.15) is 0 Å². The Bertz CT molecular complexity index is 729. The molecule has 1 saturated carbocycles. The van der Waals surface area contributed by atoms with Gasteiger partial charge in [-0.05, 0) is 45.1 Å². The molecule has 2 N–H and O–H groups in total. The Morgan fingerprint density at radius 3 is 1.77 bits per heavy atom. The quantitative estimate of drug-likeness (QED) is 0.491. The number of esters is 1. The van der Waals surface area contributed by atoms with Crippen molar-refractivity contribution < 1.29 is 24.5 Å². The maximum absolute atomic E-state index is 11.9. The Morgan fingerprint density at radius 1 is 0.871 bits per heavy atom. The second-order valence-corrected chi connectivity index (χ2v) is 7.32. The van der Waals surface area contributed by atoms with Gasteiger partial charge in [0, 0.05) is 12.7 Å². The SMILES string of the molecule is CC.COC1CCC(OC(=O)Cc2ccc(C)cc2)CC1.Cc1ccc(C=O)cc1.O. The lowest BCUT2D eigenvalue weighted by Crippen LogP contribution is -2.28. The summed E-state index contributed by atoms with van der Waals surface area (Å²) in [6.07, 6.45) is 5.43. The van der Waals surface area contributed by atoms with Gasteiger partial charge in [-0.25, -0.2) is 0 Å². The zero-order valence-electron chi connectivity index (χ0n) is 19.5. The molecule has 2 aromatic carbocycles. The third-order valence-corrected chi connectivity index (χ3v) is 4.94.